The van der Waals surface area contributed by atoms with E-state index in [1.807, 2.05) is 6.08 Å². The van der Waals surface area contributed by atoms with E-state index in [-0.39, 0.29) is 17.3 Å². The van der Waals surface area contributed by atoms with Gasteiger partial charge in [-0.05, 0) is 38.6 Å². The Kier molecular flexibility index (Phi) is 3.03. The quantitative estimate of drug-likeness (QED) is 0.805. The van der Waals surface area contributed by atoms with Crippen LogP contribution in [0.4, 0.5) is 0 Å². The maximum atomic E-state index is 11.5. The summed E-state index contributed by atoms with van der Waals surface area (Å²) >= 11 is 0. The minimum Gasteiger partial charge on any atom is -0.310 e. The Labute approximate surface area is 109 Å². The maximum absolute atomic E-state index is 11.5. The van der Waals surface area contributed by atoms with Crippen LogP contribution in [0.2, 0.25) is 0 Å². The molecule has 2 aliphatic heterocycles. The van der Waals surface area contributed by atoms with Crippen molar-refractivity contribution in [2.75, 3.05) is 25.4 Å². The van der Waals surface area contributed by atoms with E-state index in [0.717, 1.165) is 32.0 Å². The SMILES string of the molecule is CC1(C2CC2)CN(C2C=CS(=O)(=O)C2)CCCN1. The second-order valence-electron chi connectivity index (χ2n) is 6.17. The topological polar surface area (TPSA) is 49.4 Å². The molecule has 2 unspecified atom stereocenters. The van der Waals surface area contributed by atoms with Crippen molar-refractivity contribution in [2.45, 2.75) is 37.8 Å². The second-order valence-corrected chi connectivity index (χ2v) is 8.10. The number of rotatable bonds is 2. The highest BCUT2D eigenvalue weighted by molar-refractivity contribution is 7.94. The Balaban J connectivity index is 1.74. The van der Waals surface area contributed by atoms with Crippen molar-refractivity contribution >= 4 is 9.84 Å². The second kappa shape index (κ2) is 4.32. The van der Waals surface area contributed by atoms with Crippen LogP contribution in [0.3, 0.4) is 0 Å². The average Bonchev–Trinajstić information content (AvgIpc) is 3.08. The summed E-state index contributed by atoms with van der Waals surface area (Å²) in [4.78, 5) is 2.36. The van der Waals surface area contributed by atoms with Crippen LogP contribution in [0.15, 0.2) is 11.5 Å². The summed E-state index contributed by atoms with van der Waals surface area (Å²) in [6, 6.07) is 0.0907. The van der Waals surface area contributed by atoms with Gasteiger partial charge in [-0.15, -0.1) is 0 Å². The van der Waals surface area contributed by atoms with Crippen molar-refractivity contribution in [3.63, 3.8) is 0 Å². The van der Waals surface area contributed by atoms with Gasteiger partial charge in [0.05, 0.1) is 5.75 Å². The minimum absolute atomic E-state index is 0.0907. The number of nitrogens with one attached hydrogen (secondary N) is 1. The van der Waals surface area contributed by atoms with Crippen molar-refractivity contribution in [2.24, 2.45) is 5.92 Å². The van der Waals surface area contributed by atoms with Crippen LogP contribution in [0.25, 0.3) is 0 Å². The summed E-state index contributed by atoms with van der Waals surface area (Å²) in [5, 5.41) is 5.07. The molecule has 0 bridgehead atoms. The van der Waals surface area contributed by atoms with Crippen LogP contribution in [0, 0.1) is 5.92 Å². The Bertz CT molecular complexity index is 456. The summed E-state index contributed by atoms with van der Waals surface area (Å²) in [5.74, 6) is 1.05. The number of hydrogen-bond donors (Lipinski definition) is 1. The molecule has 0 spiro atoms. The molecule has 2 heterocycles. The summed E-state index contributed by atoms with van der Waals surface area (Å²) in [7, 11) is -2.94. The van der Waals surface area contributed by atoms with Gasteiger partial charge in [0.25, 0.3) is 0 Å². The van der Waals surface area contributed by atoms with Crippen molar-refractivity contribution in [3.8, 4) is 0 Å². The molecular weight excluding hydrogens is 248 g/mol. The predicted molar refractivity (Wildman–Crippen MR) is 72.0 cm³/mol. The van der Waals surface area contributed by atoms with Gasteiger partial charge >= 0.3 is 0 Å². The van der Waals surface area contributed by atoms with Crippen molar-refractivity contribution in [3.05, 3.63) is 11.5 Å². The fourth-order valence-corrected chi connectivity index (χ4v) is 4.61. The van der Waals surface area contributed by atoms with Crippen LogP contribution in [-0.4, -0.2) is 50.3 Å². The molecule has 0 radical (unpaired) electrons. The molecule has 1 N–H and O–H groups in total. The molecule has 2 fully saturated rings. The number of sulfone groups is 1. The Morgan fingerprint density at radius 2 is 2.17 bits per heavy atom. The summed E-state index contributed by atoms with van der Waals surface area (Å²) < 4.78 is 23.1. The van der Waals surface area contributed by atoms with Crippen molar-refractivity contribution in [1.29, 1.82) is 0 Å². The standard InChI is InChI=1S/C13H22N2O2S/c1-13(11-3-4-11)10-15(7-2-6-14-13)12-5-8-18(16,17)9-12/h5,8,11-12,14H,2-4,6-7,9-10H2,1H3. The average molecular weight is 270 g/mol. The van der Waals surface area contributed by atoms with Crippen LogP contribution >= 0.6 is 0 Å². The van der Waals surface area contributed by atoms with E-state index in [1.54, 1.807) is 0 Å². The Morgan fingerprint density at radius 3 is 2.78 bits per heavy atom. The lowest BCUT2D eigenvalue weighted by molar-refractivity contribution is 0.182. The van der Waals surface area contributed by atoms with Crippen LogP contribution < -0.4 is 5.32 Å². The fourth-order valence-electron chi connectivity index (χ4n) is 3.28. The first-order valence-electron chi connectivity index (χ1n) is 6.89. The lowest BCUT2D eigenvalue weighted by atomic mass is 9.95. The molecule has 1 saturated heterocycles. The third-order valence-corrected chi connectivity index (χ3v) is 5.92. The van der Waals surface area contributed by atoms with Gasteiger partial charge in [-0.3, -0.25) is 4.90 Å². The lowest BCUT2D eigenvalue weighted by Crippen LogP contribution is -2.53. The monoisotopic (exact) mass is 270 g/mol. The number of nitrogens with zero attached hydrogens (tertiary/aromatic N) is 1. The minimum atomic E-state index is -2.94. The van der Waals surface area contributed by atoms with E-state index in [2.05, 4.69) is 17.1 Å². The smallest absolute Gasteiger partial charge is 0.173 e. The molecule has 3 rings (SSSR count). The highest BCUT2D eigenvalue weighted by Gasteiger charge is 2.44. The van der Waals surface area contributed by atoms with Gasteiger partial charge < -0.3 is 5.32 Å². The molecule has 1 aliphatic carbocycles. The van der Waals surface area contributed by atoms with Crippen molar-refractivity contribution in [1.82, 2.24) is 10.2 Å². The molecule has 0 aromatic carbocycles. The van der Waals surface area contributed by atoms with Crippen LogP contribution in [-0.2, 0) is 9.84 Å². The Hall–Kier alpha value is -0.390. The molecule has 0 aromatic heterocycles. The zero-order valence-corrected chi connectivity index (χ0v) is 11.7. The molecule has 18 heavy (non-hydrogen) atoms. The van der Waals surface area contributed by atoms with E-state index < -0.39 is 9.84 Å². The van der Waals surface area contributed by atoms with E-state index in [9.17, 15) is 8.42 Å². The van der Waals surface area contributed by atoms with E-state index in [4.69, 9.17) is 0 Å². The third kappa shape index (κ3) is 2.49. The molecule has 3 aliphatic rings. The first kappa shape index (κ1) is 12.6. The fraction of sp³-hybridized carbons (Fsp3) is 0.846. The molecular formula is C13H22N2O2S. The van der Waals surface area contributed by atoms with Gasteiger partial charge in [-0.2, -0.15) is 0 Å². The molecule has 0 aromatic rings. The molecule has 4 nitrogen and oxygen atoms in total. The van der Waals surface area contributed by atoms with Gasteiger partial charge in [0, 0.05) is 30.1 Å². The Morgan fingerprint density at radius 1 is 1.39 bits per heavy atom. The molecule has 0 amide bonds. The van der Waals surface area contributed by atoms with E-state index in [0.29, 0.717) is 0 Å². The zero-order chi connectivity index (χ0) is 12.8. The first-order chi connectivity index (χ1) is 8.49. The highest BCUT2D eigenvalue weighted by Crippen LogP contribution is 2.41. The van der Waals surface area contributed by atoms with Gasteiger partial charge in [-0.25, -0.2) is 8.42 Å². The molecule has 102 valence electrons. The highest BCUT2D eigenvalue weighted by atomic mass is 32.2. The van der Waals surface area contributed by atoms with Gasteiger partial charge in [0.15, 0.2) is 9.84 Å². The zero-order valence-electron chi connectivity index (χ0n) is 10.9. The van der Waals surface area contributed by atoms with Crippen molar-refractivity contribution < 1.29 is 8.42 Å². The first-order valence-corrected chi connectivity index (χ1v) is 8.60. The summed E-state index contributed by atoms with van der Waals surface area (Å²) in [5.41, 5.74) is 0.177. The molecule has 2 atom stereocenters. The van der Waals surface area contributed by atoms with Gasteiger partial charge in [-0.1, -0.05) is 6.08 Å². The lowest BCUT2D eigenvalue weighted by Gasteiger charge is -2.36. The van der Waals surface area contributed by atoms with Crippen LogP contribution in [0.5, 0.6) is 0 Å². The van der Waals surface area contributed by atoms with E-state index in [1.165, 1.54) is 18.2 Å². The third-order valence-electron chi connectivity index (χ3n) is 4.54. The van der Waals surface area contributed by atoms with Gasteiger partial charge in [0.2, 0.25) is 0 Å². The molecule has 1 saturated carbocycles. The van der Waals surface area contributed by atoms with E-state index >= 15 is 0 Å². The summed E-state index contributed by atoms with van der Waals surface area (Å²) in [6.07, 6.45) is 5.60. The largest absolute Gasteiger partial charge is 0.310 e. The number of hydrogen-bond acceptors (Lipinski definition) is 4. The van der Waals surface area contributed by atoms with Crippen LogP contribution in [0.1, 0.15) is 26.2 Å². The van der Waals surface area contributed by atoms with Gasteiger partial charge in [0.1, 0.15) is 0 Å². The summed E-state index contributed by atoms with van der Waals surface area (Å²) in [6.45, 7) is 5.32. The maximum Gasteiger partial charge on any atom is 0.173 e. The normalized spacial score (nSPS) is 40.8. The molecule has 5 heteroatoms. The predicted octanol–water partition coefficient (Wildman–Crippen LogP) is 0.761.